The summed E-state index contributed by atoms with van der Waals surface area (Å²) in [6, 6.07) is 10.3. The van der Waals surface area contributed by atoms with Crippen molar-refractivity contribution in [3.05, 3.63) is 52.8 Å². The van der Waals surface area contributed by atoms with Gasteiger partial charge in [0.1, 0.15) is 24.2 Å². The van der Waals surface area contributed by atoms with Gasteiger partial charge in [-0.15, -0.1) is 0 Å². The molecule has 1 aromatic carbocycles. The van der Waals surface area contributed by atoms with E-state index in [0.29, 0.717) is 11.9 Å². The fourth-order valence-corrected chi connectivity index (χ4v) is 2.95. The van der Waals surface area contributed by atoms with Gasteiger partial charge in [-0.1, -0.05) is 33.6 Å². The van der Waals surface area contributed by atoms with E-state index in [9.17, 15) is 0 Å². The highest BCUT2D eigenvalue weighted by Crippen LogP contribution is 2.30. The molecule has 110 valence electrons. The molecule has 1 aromatic heterocycles. The summed E-state index contributed by atoms with van der Waals surface area (Å²) in [5.41, 5.74) is 4.47. The van der Waals surface area contributed by atoms with E-state index in [2.05, 4.69) is 40.0 Å². The average molecular weight is 348 g/mol. The third-order valence-corrected chi connectivity index (χ3v) is 4.11. The van der Waals surface area contributed by atoms with E-state index >= 15 is 0 Å². The summed E-state index contributed by atoms with van der Waals surface area (Å²) in [6.45, 7) is 4.62. The molecule has 0 spiro atoms. The monoisotopic (exact) mass is 347 g/mol. The maximum absolute atomic E-state index is 5.92. The molecule has 3 nitrogen and oxygen atoms in total. The van der Waals surface area contributed by atoms with Gasteiger partial charge in [0, 0.05) is 17.4 Å². The van der Waals surface area contributed by atoms with E-state index in [-0.39, 0.29) is 6.10 Å². The van der Waals surface area contributed by atoms with Crippen LogP contribution in [0.4, 0.5) is 0 Å². The smallest absolute Gasteiger partial charge is 0.141 e. The van der Waals surface area contributed by atoms with Crippen LogP contribution in [-0.2, 0) is 11.8 Å². The summed E-state index contributed by atoms with van der Waals surface area (Å²) in [6.07, 6.45) is 0.978. The van der Waals surface area contributed by atoms with E-state index in [1.165, 1.54) is 11.1 Å². The first-order valence-electron chi connectivity index (χ1n) is 7.07. The number of aromatic nitrogens is 1. The maximum atomic E-state index is 5.92. The molecule has 4 heteroatoms. The fourth-order valence-electron chi connectivity index (χ4n) is 2.55. The molecule has 1 unspecified atom stereocenters. The van der Waals surface area contributed by atoms with Crippen LogP contribution in [0.1, 0.15) is 22.5 Å². The van der Waals surface area contributed by atoms with Gasteiger partial charge in [0.25, 0.3) is 0 Å². The Balaban J connectivity index is 1.65. The number of benzene rings is 1. The zero-order valence-corrected chi connectivity index (χ0v) is 13.8. The molecule has 0 aliphatic carbocycles. The van der Waals surface area contributed by atoms with Crippen molar-refractivity contribution in [2.24, 2.45) is 0 Å². The Labute approximate surface area is 133 Å². The van der Waals surface area contributed by atoms with Crippen molar-refractivity contribution in [3.63, 3.8) is 0 Å². The highest BCUT2D eigenvalue weighted by Gasteiger charge is 2.23. The normalized spacial score (nSPS) is 16.4. The number of hydrogen-bond acceptors (Lipinski definition) is 3. The number of pyridine rings is 1. The SMILES string of the molecule is Cc1ccc2c(c1)CC(COc1ccc(C)nc1CBr)O2. The molecule has 3 rings (SSSR count). The minimum absolute atomic E-state index is 0.0753. The van der Waals surface area contributed by atoms with Gasteiger partial charge in [-0.05, 0) is 37.6 Å². The van der Waals surface area contributed by atoms with Gasteiger partial charge in [-0.3, -0.25) is 4.98 Å². The molecule has 1 aliphatic heterocycles. The highest BCUT2D eigenvalue weighted by molar-refractivity contribution is 9.08. The first kappa shape index (κ1) is 14.4. The summed E-state index contributed by atoms with van der Waals surface area (Å²) in [7, 11) is 0. The lowest BCUT2D eigenvalue weighted by atomic mass is 10.1. The van der Waals surface area contributed by atoms with E-state index in [0.717, 1.165) is 29.3 Å². The number of hydrogen-bond donors (Lipinski definition) is 0. The summed E-state index contributed by atoms with van der Waals surface area (Å²) < 4.78 is 11.8. The van der Waals surface area contributed by atoms with Crippen molar-refractivity contribution in [3.8, 4) is 11.5 Å². The topological polar surface area (TPSA) is 31.4 Å². The third-order valence-electron chi connectivity index (χ3n) is 3.58. The van der Waals surface area contributed by atoms with E-state index < -0.39 is 0 Å². The number of rotatable bonds is 4. The van der Waals surface area contributed by atoms with Gasteiger partial charge < -0.3 is 9.47 Å². The van der Waals surface area contributed by atoms with E-state index in [1.54, 1.807) is 0 Å². The lowest BCUT2D eigenvalue weighted by Gasteiger charge is -2.14. The van der Waals surface area contributed by atoms with Crippen LogP contribution in [0.25, 0.3) is 0 Å². The average Bonchev–Trinajstić information content (AvgIpc) is 2.87. The Morgan fingerprint density at radius 1 is 1.29 bits per heavy atom. The number of aryl methyl sites for hydroxylation is 2. The minimum Gasteiger partial charge on any atom is -0.488 e. The Hall–Kier alpha value is -1.55. The molecule has 2 aromatic rings. The van der Waals surface area contributed by atoms with Crippen LogP contribution in [0.3, 0.4) is 0 Å². The molecule has 0 amide bonds. The maximum Gasteiger partial charge on any atom is 0.141 e. The van der Waals surface area contributed by atoms with Gasteiger partial charge in [0.05, 0.1) is 5.69 Å². The standard InChI is InChI=1S/C17H18BrNO2/c1-11-3-5-16-13(7-11)8-14(21-16)10-20-17-6-4-12(2)19-15(17)9-18/h3-7,14H,8-10H2,1-2H3. The quantitative estimate of drug-likeness (QED) is 0.784. The van der Waals surface area contributed by atoms with Crippen LogP contribution in [0, 0.1) is 13.8 Å². The van der Waals surface area contributed by atoms with Crippen molar-refractivity contribution in [1.29, 1.82) is 0 Å². The predicted molar refractivity (Wildman–Crippen MR) is 86.4 cm³/mol. The number of halogens is 1. The van der Waals surface area contributed by atoms with E-state index in [1.807, 2.05) is 25.1 Å². The fraction of sp³-hybridized carbons (Fsp3) is 0.353. The van der Waals surface area contributed by atoms with Gasteiger partial charge in [-0.2, -0.15) is 0 Å². The molecule has 0 saturated heterocycles. The minimum atomic E-state index is 0.0753. The van der Waals surface area contributed by atoms with Crippen LogP contribution < -0.4 is 9.47 Å². The van der Waals surface area contributed by atoms with Gasteiger partial charge in [0.2, 0.25) is 0 Å². The van der Waals surface area contributed by atoms with Crippen molar-refractivity contribution in [1.82, 2.24) is 4.98 Å². The first-order chi connectivity index (χ1) is 10.2. The molecular formula is C17H18BrNO2. The first-order valence-corrected chi connectivity index (χ1v) is 8.19. The van der Waals surface area contributed by atoms with Crippen LogP contribution in [-0.4, -0.2) is 17.7 Å². The Morgan fingerprint density at radius 2 is 2.14 bits per heavy atom. The van der Waals surface area contributed by atoms with Gasteiger partial charge in [-0.25, -0.2) is 0 Å². The van der Waals surface area contributed by atoms with Crippen LogP contribution in [0.2, 0.25) is 0 Å². The number of fused-ring (bicyclic) bond motifs is 1. The Kier molecular flexibility index (Phi) is 4.15. The Bertz CT molecular complexity index is 657. The van der Waals surface area contributed by atoms with Gasteiger partial charge in [0.15, 0.2) is 0 Å². The zero-order chi connectivity index (χ0) is 14.8. The second-order valence-electron chi connectivity index (χ2n) is 5.40. The predicted octanol–water partition coefficient (Wildman–Crippen LogP) is 3.98. The summed E-state index contributed by atoms with van der Waals surface area (Å²) in [5.74, 6) is 1.81. The second-order valence-corrected chi connectivity index (χ2v) is 5.96. The molecule has 2 heterocycles. The van der Waals surface area contributed by atoms with E-state index in [4.69, 9.17) is 9.47 Å². The molecule has 0 radical (unpaired) electrons. The third kappa shape index (κ3) is 3.21. The molecule has 1 atom stereocenters. The van der Waals surface area contributed by atoms with Crippen molar-refractivity contribution >= 4 is 15.9 Å². The largest absolute Gasteiger partial charge is 0.488 e. The molecule has 0 fully saturated rings. The highest BCUT2D eigenvalue weighted by atomic mass is 79.9. The van der Waals surface area contributed by atoms with Crippen molar-refractivity contribution in [2.75, 3.05) is 6.61 Å². The number of alkyl halides is 1. The second kappa shape index (κ2) is 6.06. The van der Waals surface area contributed by atoms with Gasteiger partial charge >= 0.3 is 0 Å². The summed E-state index contributed by atoms with van der Waals surface area (Å²) in [4.78, 5) is 4.48. The summed E-state index contributed by atoms with van der Waals surface area (Å²) in [5, 5.41) is 0.689. The molecular weight excluding hydrogens is 330 g/mol. The Morgan fingerprint density at radius 3 is 2.95 bits per heavy atom. The number of nitrogens with zero attached hydrogens (tertiary/aromatic N) is 1. The lowest BCUT2D eigenvalue weighted by molar-refractivity contribution is 0.147. The molecule has 0 N–H and O–H groups in total. The van der Waals surface area contributed by atoms with Crippen LogP contribution >= 0.6 is 15.9 Å². The lowest BCUT2D eigenvalue weighted by Crippen LogP contribution is -2.22. The van der Waals surface area contributed by atoms with Crippen molar-refractivity contribution < 1.29 is 9.47 Å². The van der Waals surface area contributed by atoms with Crippen LogP contribution in [0.15, 0.2) is 30.3 Å². The molecule has 0 bridgehead atoms. The number of ether oxygens (including phenoxy) is 2. The zero-order valence-electron chi connectivity index (χ0n) is 12.2. The molecule has 0 saturated carbocycles. The van der Waals surface area contributed by atoms with Crippen LogP contribution in [0.5, 0.6) is 11.5 Å². The molecule has 1 aliphatic rings. The molecule has 21 heavy (non-hydrogen) atoms. The van der Waals surface area contributed by atoms with Crippen molar-refractivity contribution in [2.45, 2.75) is 31.7 Å². The summed E-state index contributed by atoms with van der Waals surface area (Å²) >= 11 is 3.45.